The van der Waals surface area contributed by atoms with Gasteiger partial charge in [0.2, 0.25) is 0 Å². The predicted octanol–water partition coefficient (Wildman–Crippen LogP) is 3.77. The summed E-state index contributed by atoms with van der Waals surface area (Å²) in [5, 5.41) is 3.21. The van der Waals surface area contributed by atoms with Gasteiger partial charge in [0.25, 0.3) is 5.91 Å². The lowest BCUT2D eigenvalue weighted by atomic mass is 10.0. The molecule has 0 aliphatic carbocycles. The average Bonchev–Trinajstić information content (AvgIpc) is 2.72. The number of nitrogens with one attached hydrogen (secondary N) is 1. The van der Waals surface area contributed by atoms with E-state index in [9.17, 15) is 9.59 Å². The van der Waals surface area contributed by atoms with Gasteiger partial charge in [0, 0.05) is 43.2 Å². The maximum absolute atomic E-state index is 11.6. The predicted molar refractivity (Wildman–Crippen MR) is 109 cm³/mol. The lowest BCUT2D eigenvalue weighted by Gasteiger charge is -2.12. The van der Waals surface area contributed by atoms with Gasteiger partial charge >= 0.3 is 0 Å². The number of aromatic nitrogens is 1. The fourth-order valence-corrected chi connectivity index (χ4v) is 2.58. The number of anilines is 2. The molecule has 6 heteroatoms. The SMILES string of the molecule is CN(C)C(=O)COc1cccc(Nc2ccc(-c3ccccc3C=O)cn2)c1. The van der Waals surface area contributed by atoms with Crippen LogP contribution in [0.15, 0.2) is 66.9 Å². The molecule has 0 saturated carbocycles. The second-order valence-corrected chi connectivity index (χ2v) is 6.37. The van der Waals surface area contributed by atoms with Gasteiger partial charge in [-0.05, 0) is 29.8 Å². The van der Waals surface area contributed by atoms with Gasteiger partial charge in [0.1, 0.15) is 11.6 Å². The molecule has 0 aliphatic rings. The number of rotatable bonds is 7. The summed E-state index contributed by atoms with van der Waals surface area (Å²) in [6.45, 7) is -0.0143. The van der Waals surface area contributed by atoms with Gasteiger partial charge in [-0.25, -0.2) is 4.98 Å². The Labute approximate surface area is 163 Å². The third-order valence-electron chi connectivity index (χ3n) is 4.13. The Balaban J connectivity index is 1.70. The van der Waals surface area contributed by atoms with Crippen molar-refractivity contribution in [3.63, 3.8) is 0 Å². The molecule has 2 aromatic carbocycles. The summed E-state index contributed by atoms with van der Waals surface area (Å²) >= 11 is 0. The number of pyridine rings is 1. The maximum Gasteiger partial charge on any atom is 0.259 e. The van der Waals surface area contributed by atoms with Crippen molar-refractivity contribution >= 4 is 23.7 Å². The summed E-state index contributed by atoms with van der Waals surface area (Å²) in [7, 11) is 3.37. The zero-order chi connectivity index (χ0) is 19.9. The van der Waals surface area contributed by atoms with Gasteiger partial charge in [0.15, 0.2) is 12.9 Å². The van der Waals surface area contributed by atoms with E-state index in [1.807, 2.05) is 42.5 Å². The lowest BCUT2D eigenvalue weighted by Crippen LogP contribution is -2.27. The quantitative estimate of drug-likeness (QED) is 0.637. The number of benzene rings is 2. The molecule has 6 nitrogen and oxygen atoms in total. The van der Waals surface area contributed by atoms with E-state index in [2.05, 4.69) is 10.3 Å². The highest BCUT2D eigenvalue weighted by Crippen LogP contribution is 2.25. The largest absolute Gasteiger partial charge is 0.484 e. The van der Waals surface area contributed by atoms with E-state index in [0.29, 0.717) is 17.1 Å². The van der Waals surface area contributed by atoms with Crippen LogP contribution in [0.2, 0.25) is 0 Å². The Bertz CT molecular complexity index is 969. The van der Waals surface area contributed by atoms with Crippen LogP contribution in [0.4, 0.5) is 11.5 Å². The molecule has 1 amide bonds. The highest BCUT2D eigenvalue weighted by atomic mass is 16.5. The molecule has 0 spiro atoms. The van der Waals surface area contributed by atoms with E-state index in [-0.39, 0.29) is 12.5 Å². The molecule has 0 saturated heterocycles. The number of nitrogens with zero attached hydrogens (tertiary/aromatic N) is 2. The number of carbonyl (C=O) groups is 2. The Morgan fingerprint density at radius 2 is 1.93 bits per heavy atom. The summed E-state index contributed by atoms with van der Waals surface area (Å²) in [6.07, 6.45) is 2.56. The number of amides is 1. The van der Waals surface area contributed by atoms with Crippen molar-refractivity contribution in [3.8, 4) is 16.9 Å². The van der Waals surface area contributed by atoms with E-state index in [1.165, 1.54) is 4.90 Å². The first kappa shape index (κ1) is 19.1. The van der Waals surface area contributed by atoms with Crippen molar-refractivity contribution in [1.29, 1.82) is 0 Å². The van der Waals surface area contributed by atoms with Gasteiger partial charge in [-0.15, -0.1) is 0 Å². The van der Waals surface area contributed by atoms with Crippen LogP contribution in [-0.2, 0) is 4.79 Å². The van der Waals surface area contributed by atoms with Crippen LogP contribution in [0.3, 0.4) is 0 Å². The van der Waals surface area contributed by atoms with E-state index in [1.54, 1.807) is 38.5 Å². The average molecular weight is 375 g/mol. The van der Waals surface area contributed by atoms with E-state index < -0.39 is 0 Å². The first-order valence-corrected chi connectivity index (χ1v) is 8.77. The molecule has 0 atom stereocenters. The van der Waals surface area contributed by atoms with E-state index >= 15 is 0 Å². The molecule has 28 heavy (non-hydrogen) atoms. The third kappa shape index (κ3) is 4.73. The highest BCUT2D eigenvalue weighted by molar-refractivity contribution is 5.87. The minimum Gasteiger partial charge on any atom is -0.484 e. The molecule has 3 aromatic rings. The molecule has 0 fully saturated rings. The minimum absolute atomic E-state index is 0.0143. The van der Waals surface area contributed by atoms with Gasteiger partial charge < -0.3 is 15.0 Å². The van der Waals surface area contributed by atoms with Crippen LogP contribution in [0.1, 0.15) is 10.4 Å². The molecule has 0 radical (unpaired) electrons. The van der Waals surface area contributed by atoms with Crippen LogP contribution in [0, 0.1) is 0 Å². The Morgan fingerprint density at radius 3 is 2.64 bits per heavy atom. The normalized spacial score (nSPS) is 10.2. The third-order valence-corrected chi connectivity index (χ3v) is 4.13. The molecule has 1 aromatic heterocycles. The van der Waals surface area contributed by atoms with Crippen LogP contribution in [0.5, 0.6) is 5.75 Å². The number of likely N-dealkylation sites (N-methyl/N-ethyl adjacent to an activating group) is 1. The minimum atomic E-state index is -0.105. The van der Waals surface area contributed by atoms with Crippen molar-refractivity contribution in [2.24, 2.45) is 0 Å². The van der Waals surface area contributed by atoms with Crippen LogP contribution < -0.4 is 10.1 Å². The van der Waals surface area contributed by atoms with Crippen molar-refractivity contribution < 1.29 is 14.3 Å². The number of hydrogen-bond acceptors (Lipinski definition) is 5. The first-order valence-electron chi connectivity index (χ1n) is 8.77. The van der Waals surface area contributed by atoms with Crippen LogP contribution in [0.25, 0.3) is 11.1 Å². The topological polar surface area (TPSA) is 71.5 Å². The van der Waals surface area contributed by atoms with Gasteiger partial charge in [-0.2, -0.15) is 0 Å². The summed E-state index contributed by atoms with van der Waals surface area (Å²) in [5.74, 6) is 1.15. The van der Waals surface area contributed by atoms with Crippen molar-refractivity contribution in [3.05, 3.63) is 72.4 Å². The standard InChI is InChI=1S/C22H21N3O3/c1-25(2)22(27)15-28-19-8-5-7-18(12-19)24-21-11-10-16(13-23-21)20-9-4-3-6-17(20)14-26/h3-14H,15H2,1-2H3,(H,23,24). The number of hydrogen-bond donors (Lipinski definition) is 1. The van der Waals surface area contributed by atoms with Crippen molar-refractivity contribution in [1.82, 2.24) is 9.88 Å². The zero-order valence-electron chi connectivity index (χ0n) is 15.8. The van der Waals surface area contributed by atoms with Gasteiger partial charge in [-0.3, -0.25) is 9.59 Å². The number of aldehydes is 1. The summed E-state index contributed by atoms with van der Waals surface area (Å²) in [6, 6.07) is 18.5. The fraction of sp³-hybridized carbons (Fsp3) is 0.136. The Hall–Kier alpha value is -3.67. The van der Waals surface area contributed by atoms with Crippen molar-refractivity contribution in [2.45, 2.75) is 0 Å². The smallest absolute Gasteiger partial charge is 0.259 e. The second-order valence-electron chi connectivity index (χ2n) is 6.37. The molecule has 1 heterocycles. The number of ether oxygens (including phenoxy) is 1. The lowest BCUT2D eigenvalue weighted by molar-refractivity contribution is -0.130. The zero-order valence-corrected chi connectivity index (χ0v) is 15.8. The first-order chi connectivity index (χ1) is 13.6. The number of carbonyl (C=O) groups excluding carboxylic acids is 2. The molecule has 142 valence electrons. The molecule has 0 bridgehead atoms. The molecule has 1 N–H and O–H groups in total. The van der Waals surface area contributed by atoms with E-state index in [0.717, 1.165) is 23.1 Å². The highest BCUT2D eigenvalue weighted by Gasteiger charge is 2.07. The second kappa shape index (κ2) is 8.81. The molecular weight excluding hydrogens is 354 g/mol. The summed E-state index contributed by atoms with van der Waals surface area (Å²) in [5.41, 5.74) is 3.13. The Kier molecular flexibility index (Phi) is 6.01. The van der Waals surface area contributed by atoms with Gasteiger partial charge in [0.05, 0.1) is 0 Å². The van der Waals surface area contributed by atoms with E-state index in [4.69, 9.17) is 4.74 Å². The Morgan fingerprint density at radius 1 is 1.11 bits per heavy atom. The maximum atomic E-state index is 11.6. The molecule has 3 rings (SSSR count). The fourth-order valence-electron chi connectivity index (χ4n) is 2.58. The summed E-state index contributed by atoms with van der Waals surface area (Å²) in [4.78, 5) is 28.8. The van der Waals surface area contributed by atoms with Crippen LogP contribution in [-0.4, -0.2) is 42.8 Å². The monoisotopic (exact) mass is 375 g/mol. The van der Waals surface area contributed by atoms with Crippen LogP contribution >= 0.6 is 0 Å². The molecule has 0 unspecified atom stereocenters. The van der Waals surface area contributed by atoms with Crippen molar-refractivity contribution in [2.75, 3.05) is 26.0 Å². The summed E-state index contributed by atoms with van der Waals surface area (Å²) < 4.78 is 5.53. The molecular formula is C22H21N3O3. The molecule has 0 aliphatic heterocycles. The van der Waals surface area contributed by atoms with Gasteiger partial charge in [-0.1, -0.05) is 30.3 Å².